The molecular weight excluding hydrogens is 226 g/mol. The third-order valence-corrected chi connectivity index (χ3v) is 4.29. The molecule has 0 aromatic rings. The van der Waals surface area contributed by atoms with Gasteiger partial charge >= 0.3 is 0 Å². The van der Waals surface area contributed by atoms with Crippen molar-refractivity contribution < 1.29 is 4.79 Å². The van der Waals surface area contributed by atoms with Gasteiger partial charge in [-0.15, -0.1) is 0 Å². The molecule has 4 heteroatoms. The lowest BCUT2D eigenvalue weighted by molar-refractivity contribution is -0.131. The van der Waals surface area contributed by atoms with E-state index >= 15 is 0 Å². The van der Waals surface area contributed by atoms with Crippen LogP contribution in [0.4, 0.5) is 0 Å². The SMILES string of the molecule is CN1CCCCC1CNCC(=O)N1CCCCC1. The number of likely N-dealkylation sites (tertiary alicyclic amines) is 2. The van der Waals surface area contributed by atoms with Crippen LogP contribution < -0.4 is 5.32 Å². The van der Waals surface area contributed by atoms with Crippen LogP contribution in [0, 0.1) is 0 Å². The number of carbonyl (C=O) groups excluding carboxylic acids is 1. The van der Waals surface area contributed by atoms with Gasteiger partial charge in [0.25, 0.3) is 0 Å². The highest BCUT2D eigenvalue weighted by molar-refractivity contribution is 5.78. The zero-order valence-electron chi connectivity index (χ0n) is 11.7. The van der Waals surface area contributed by atoms with Crippen molar-refractivity contribution in [2.75, 3.05) is 39.8 Å². The average molecular weight is 253 g/mol. The van der Waals surface area contributed by atoms with Gasteiger partial charge in [-0.2, -0.15) is 0 Å². The number of nitrogens with zero attached hydrogens (tertiary/aromatic N) is 2. The van der Waals surface area contributed by atoms with E-state index in [1.54, 1.807) is 0 Å². The van der Waals surface area contributed by atoms with Crippen LogP contribution in [0.2, 0.25) is 0 Å². The van der Waals surface area contributed by atoms with E-state index in [0.717, 1.165) is 19.6 Å². The first-order valence-corrected chi connectivity index (χ1v) is 7.46. The van der Waals surface area contributed by atoms with Gasteiger partial charge in [0.05, 0.1) is 6.54 Å². The second-order valence-electron chi connectivity index (χ2n) is 5.70. The summed E-state index contributed by atoms with van der Waals surface area (Å²) in [6.07, 6.45) is 7.55. The zero-order valence-corrected chi connectivity index (χ0v) is 11.7. The normalized spacial score (nSPS) is 26.3. The summed E-state index contributed by atoms with van der Waals surface area (Å²) in [5, 5.41) is 3.35. The Morgan fingerprint density at radius 2 is 1.83 bits per heavy atom. The molecular formula is C14H27N3O. The summed E-state index contributed by atoms with van der Waals surface area (Å²) >= 11 is 0. The van der Waals surface area contributed by atoms with Crippen molar-refractivity contribution in [3.63, 3.8) is 0 Å². The second kappa shape index (κ2) is 7.10. The fourth-order valence-electron chi connectivity index (χ4n) is 3.00. The highest BCUT2D eigenvalue weighted by Crippen LogP contribution is 2.14. The summed E-state index contributed by atoms with van der Waals surface area (Å²) in [7, 11) is 2.19. The van der Waals surface area contributed by atoms with Crippen molar-refractivity contribution in [2.45, 2.75) is 44.6 Å². The molecule has 0 saturated carbocycles. The summed E-state index contributed by atoms with van der Waals surface area (Å²) < 4.78 is 0. The zero-order chi connectivity index (χ0) is 12.8. The number of amides is 1. The Bertz CT molecular complexity index is 264. The van der Waals surface area contributed by atoms with E-state index in [0.29, 0.717) is 12.6 Å². The van der Waals surface area contributed by atoms with Gasteiger partial charge in [-0.3, -0.25) is 4.79 Å². The molecule has 2 fully saturated rings. The van der Waals surface area contributed by atoms with E-state index in [1.807, 2.05) is 4.90 Å². The molecule has 0 spiro atoms. The Labute approximate surface area is 111 Å². The Balaban J connectivity index is 1.63. The molecule has 0 radical (unpaired) electrons. The molecule has 2 aliphatic rings. The maximum absolute atomic E-state index is 12.0. The molecule has 1 atom stereocenters. The molecule has 2 saturated heterocycles. The third kappa shape index (κ3) is 3.95. The molecule has 1 N–H and O–H groups in total. The summed E-state index contributed by atoms with van der Waals surface area (Å²) in [6.45, 7) is 4.60. The van der Waals surface area contributed by atoms with Crippen LogP contribution in [0.25, 0.3) is 0 Å². The van der Waals surface area contributed by atoms with Gasteiger partial charge in [-0.05, 0) is 45.7 Å². The van der Waals surface area contributed by atoms with Gasteiger partial charge in [0.15, 0.2) is 0 Å². The molecule has 0 aromatic heterocycles. The number of carbonyl (C=O) groups is 1. The summed E-state index contributed by atoms with van der Waals surface area (Å²) in [6, 6.07) is 0.618. The number of piperidine rings is 2. The lowest BCUT2D eigenvalue weighted by Crippen LogP contribution is -2.46. The van der Waals surface area contributed by atoms with E-state index in [1.165, 1.54) is 45.1 Å². The standard InChI is InChI=1S/C14H27N3O/c1-16-8-6-3-7-13(16)11-15-12-14(18)17-9-4-2-5-10-17/h13,15H,2-12H2,1H3. The van der Waals surface area contributed by atoms with Crippen molar-refractivity contribution in [1.29, 1.82) is 0 Å². The molecule has 2 aliphatic heterocycles. The highest BCUT2D eigenvalue weighted by Gasteiger charge is 2.20. The Morgan fingerprint density at radius 1 is 1.11 bits per heavy atom. The smallest absolute Gasteiger partial charge is 0.236 e. The summed E-state index contributed by atoms with van der Waals surface area (Å²) in [4.78, 5) is 16.4. The van der Waals surface area contributed by atoms with Crippen LogP contribution in [0.3, 0.4) is 0 Å². The fourth-order valence-corrected chi connectivity index (χ4v) is 3.00. The van der Waals surface area contributed by atoms with Gasteiger partial charge in [0.2, 0.25) is 5.91 Å². The second-order valence-corrected chi connectivity index (χ2v) is 5.70. The van der Waals surface area contributed by atoms with Crippen molar-refractivity contribution in [3.05, 3.63) is 0 Å². The van der Waals surface area contributed by atoms with Gasteiger partial charge in [0.1, 0.15) is 0 Å². The maximum Gasteiger partial charge on any atom is 0.236 e. The molecule has 104 valence electrons. The van der Waals surface area contributed by atoms with Crippen molar-refractivity contribution in [1.82, 2.24) is 15.1 Å². The third-order valence-electron chi connectivity index (χ3n) is 4.29. The fraction of sp³-hybridized carbons (Fsp3) is 0.929. The maximum atomic E-state index is 12.0. The van der Waals surface area contributed by atoms with Crippen LogP contribution in [-0.2, 0) is 4.79 Å². The quantitative estimate of drug-likeness (QED) is 0.814. The largest absolute Gasteiger partial charge is 0.342 e. The minimum absolute atomic E-state index is 0.285. The molecule has 1 amide bonds. The summed E-state index contributed by atoms with van der Waals surface area (Å²) in [5.74, 6) is 0.285. The Morgan fingerprint density at radius 3 is 2.56 bits per heavy atom. The van der Waals surface area contributed by atoms with E-state index in [2.05, 4.69) is 17.3 Å². The first-order chi connectivity index (χ1) is 8.77. The minimum Gasteiger partial charge on any atom is -0.342 e. The molecule has 0 aromatic carbocycles. The average Bonchev–Trinajstić information content (AvgIpc) is 2.42. The van der Waals surface area contributed by atoms with Gasteiger partial charge in [0, 0.05) is 25.7 Å². The van der Waals surface area contributed by atoms with Gasteiger partial charge < -0.3 is 15.1 Å². The molecule has 2 heterocycles. The monoisotopic (exact) mass is 253 g/mol. The van der Waals surface area contributed by atoms with Crippen LogP contribution in [0.1, 0.15) is 38.5 Å². The Kier molecular flexibility index (Phi) is 5.45. The minimum atomic E-state index is 0.285. The number of nitrogens with one attached hydrogen (secondary N) is 1. The highest BCUT2D eigenvalue weighted by atomic mass is 16.2. The van der Waals surface area contributed by atoms with Gasteiger partial charge in [-0.1, -0.05) is 6.42 Å². The van der Waals surface area contributed by atoms with Gasteiger partial charge in [-0.25, -0.2) is 0 Å². The van der Waals surface area contributed by atoms with E-state index in [4.69, 9.17) is 0 Å². The van der Waals surface area contributed by atoms with Crippen LogP contribution in [0.5, 0.6) is 0 Å². The predicted octanol–water partition coefficient (Wildman–Crippen LogP) is 1.07. The molecule has 0 bridgehead atoms. The van der Waals surface area contributed by atoms with Crippen LogP contribution >= 0.6 is 0 Å². The number of hydrogen-bond acceptors (Lipinski definition) is 3. The van der Waals surface area contributed by atoms with Crippen molar-refractivity contribution in [2.24, 2.45) is 0 Å². The van der Waals surface area contributed by atoms with E-state index < -0.39 is 0 Å². The first-order valence-electron chi connectivity index (χ1n) is 7.46. The number of rotatable bonds is 4. The number of likely N-dealkylation sites (N-methyl/N-ethyl adjacent to an activating group) is 1. The Hall–Kier alpha value is -0.610. The van der Waals surface area contributed by atoms with Crippen LogP contribution in [-0.4, -0.2) is 61.5 Å². The van der Waals surface area contributed by atoms with Crippen molar-refractivity contribution >= 4 is 5.91 Å². The molecule has 0 aliphatic carbocycles. The van der Waals surface area contributed by atoms with Crippen molar-refractivity contribution in [3.8, 4) is 0 Å². The topological polar surface area (TPSA) is 35.6 Å². The molecule has 4 nitrogen and oxygen atoms in total. The lowest BCUT2D eigenvalue weighted by atomic mass is 10.0. The van der Waals surface area contributed by atoms with E-state index in [9.17, 15) is 4.79 Å². The lowest BCUT2D eigenvalue weighted by Gasteiger charge is -2.33. The molecule has 2 rings (SSSR count). The predicted molar refractivity (Wildman–Crippen MR) is 73.6 cm³/mol. The first kappa shape index (κ1) is 13.8. The molecule has 1 unspecified atom stereocenters. The summed E-state index contributed by atoms with van der Waals surface area (Å²) in [5.41, 5.74) is 0. The number of hydrogen-bond donors (Lipinski definition) is 1. The van der Waals surface area contributed by atoms with E-state index in [-0.39, 0.29) is 5.91 Å². The molecule has 18 heavy (non-hydrogen) atoms. The van der Waals surface area contributed by atoms with Crippen LogP contribution in [0.15, 0.2) is 0 Å².